The Hall–Kier alpha value is -2.29. The average molecular weight is 339 g/mol. The van der Waals surface area contributed by atoms with Crippen molar-refractivity contribution in [3.63, 3.8) is 0 Å². The van der Waals surface area contributed by atoms with Crippen molar-refractivity contribution in [2.75, 3.05) is 6.54 Å². The molecule has 0 saturated carbocycles. The van der Waals surface area contributed by atoms with Crippen LogP contribution in [0.4, 0.5) is 0 Å². The molecule has 3 heteroatoms. The van der Waals surface area contributed by atoms with Crippen molar-refractivity contribution < 1.29 is 9.53 Å². The molecule has 1 N–H and O–H groups in total. The molecule has 0 fully saturated rings. The Balaban J connectivity index is 1.72. The fourth-order valence-corrected chi connectivity index (χ4v) is 2.76. The maximum atomic E-state index is 12.2. The van der Waals surface area contributed by atoms with Crippen molar-refractivity contribution in [2.24, 2.45) is 0 Å². The number of carbonyl (C=O) groups excluding carboxylic acids is 1. The molecule has 0 heterocycles. The lowest BCUT2D eigenvalue weighted by Crippen LogP contribution is -2.37. The molecule has 0 aromatic heterocycles. The number of para-hydroxylation sites is 1. The Kier molecular flexibility index (Phi) is 7.52. The molecule has 1 atom stereocenters. The van der Waals surface area contributed by atoms with Gasteiger partial charge in [-0.3, -0.25) is 4.79 Å². The highest BCUT2D eigenvalue weighted by Gasteiger charge is 2.16. The molecule has 1 unspecified atom stereocenters. The first-order valence-corrected chi connectivity index (χ1v) is 9.15. The molecule has 0 aliphatic heterocycles. The van der Waals surface area contributed by atoms with Gasteiger partial charge >= 0.3 is 0 Å². The SMILES string of the molecule is CC(Oc1ccccc1C(C)C)C(=O)NCCCCc1ccccc1. The number of amides is 1. The third-order valence-electron chi connectivity index (χ3n) is 4.25. The molecule has 0 aliphatic rings. The van der Waals surface area contributed by atoms with Gasteiger partial charge in [0.05, 0.1) is 0 Å². The van der Waals surface area contributed by atoms with E-state index in [1.165, 1.54) is 5.56 Å². The average Bonchev–Trinajstić information content (AvgIpc) is 2.62. The van der Waals surface area contributed by atoms with Gasteiger partial charge in [0.15, 0.2) is 6.10 Å². The van der Waals surface area contributed by atoms with Gasteiger partial charge in [0, 0.05) is 6.54 Å². The summed E-state index contributed by atoms with van der Waals surface area (Å²) in [6, 6.07) is 18.3. The number of hydrogen-bond acceptors (Lipinski definition) is 2. The first kappa shape index (κ1) is 19.0. The Morgan fingerprint density at radius 2 is 1.64 bits per heavy atom. The lowest BCUT2D eigenvalue weighted by molar-refractivity contribution is -0.127. The highest BCUT2D eigenvalue weighted by Crippen LogP contribution is 2.26. The molecule has 2 aromatic rings. The molecule has 2 aromatic carbocycles. The number of benzene rings is 2. The maximum Gasteiger partial charge on any atom is 0.260 e. The number of carbonyl (C=O) groups is 1. The predicted molar refractivity (Wildman–Crippen MR) is 103 cm³/mol. The van der Waals surface area contributed by atoms with E-state index in [0.717, 1.165) is 30.6 Å². The van der Waals surface area contributed by atoms with E-state index in [9.17, 15) is 4.79 Å². The summed E-state index contributed by atoms with van der Waals surface area (Å²) in [6.07, 6.45) is 2.59. The second kappa shape index (κ2) is 9.87. The van der Waals surface area contributed by atoms with E-state index < -0.39 is 6.10 Å². The minimum atomic E-state index is -0.492. The number of aryl methyl sites for hydroxylation is 1. The standard InChI is InChI=1S/C22H29NO2/c1-17(2)20-14-7-8-15-21(20)25-18(3)22(24)23-16-10-9-13-19-11-5-4-6-12-19/h4-8,11-12,14-15,17-18H,9-10,13,16H2,1-3H3,(H,23,24). The predicted octanol–water partition coefficient (Wildman–Crippen LogP) is 4.72. The van der Waals surface area contributed by atoms with Crippen LogP contribution in [-0.2, 0) is 11.2 Å². The zero-order valence-corrected chi connectivity index (χ0v) is 15.5. The third-order valence-corrected chi connectivity index (χ3v) is 4.25. The maximum absolute atomic E-state index is 12.2. The molecule has 134 valence electrons. The van der Waals surface area contributed by atoms with Gasteiger partial charge in [-0.2, -0.15) is 0 Å². The van der Waals surface area contributed by atoms with Crippen molar-refractivity contribution in [3.05, 3.63) is 65.7 Å². The van der Waals surface area contributed by atoms with Crippen LogP contribution < -0.4 is 10.1 Å². The van der Waals surface area contributed by atoms with Crippen molar-refractivity contribution in [1.29, 1.82) is 0 Å². The quantitative estimate of drug-likeness (QED) is 0.672. The van der Waals surface area contributed by atoms with Gasteiger partial charge in [-0.05, 0) is 49.3 Å². The van der Waals surface area contributed by atoms with Crippen LogP contribution in [0.1, 0.15) is 50.7 Å². The minimum Gasteiger partial charge on any atom is -0.481 e. The van der Waals surface area contributed by atoms with Gasteiger partial charge < -0.3 is 10.1 Å². The van der Waals surface area contributed by atoms with E-state index in [4.69, 9.17) is 4.74 Å². The zero-order valence-electron chi connectivity index (χ0n) is 15.5. The summed E-state index contributed by atoms with van der Waals surface area (Å²) in [5.74, 6) is 1.10. The Labute approximate surface area is 151 Å². The Bertz CT molecular complexity index is 652. The van der Waals surface area contributed by atoms with Gasteiger partial charge in [-0.1, -0.05) is 62.4 Å². The highest BCUT2D eigenvalue weighted by atomic mass is 16.5. The summed E-state index contributed by atoms with van der Waals surface area (Å²) < 4.78 is 5.88. The fraction of sp³-hybridized carbons (Fsp3) is 0.409. The van der Waals surface area contributed by atoms with Crippen molar-refractivity contribution >= 4 is 5.91 Å². The summed E-state index contributed by atoms with van der Waals surface area (Å²) >= 11 is 0. The van der Waals surface area contributed by atoms with Gasteiger partial charge in [-0.25, -0.2) is 0 Å². The van der Waals surface area contributed by atoms with Crippen molar-refractivity contribution in [1.82, 2.24) is 5.32 Å². The fourth-order valence-electron chi connectivity index (χ4n) is 2.76. The molecule has 0 bridgehead atoms. The van der Waals surface area contributed by atoms with E-state index in [0.29, 0.717) is 12.5 Å². The number of rotatable bonds is 9. The van der Waals surface area contributed by atoms with Crippen molar-refractivity contribution in [2.45, 2.75) is 52.1 Å². The van der Waals surface area contributed by atoms with Crippen LogP contribution in [0.5, 0.6) is 5.75 Å². The summed E-state index contributed by atoms with van der Waals surface area (Å²) in [5, 5.41) is 2.97. The van der Waals surface area contributed by atoms with Crippen LogP contribution in [0.25, 0.3) is 0 Å². The van der Waals surface area contributed by atoms with Crippen LogP contribution in [0.2, 0.25) is 0 Å². The van der Waals surface area contributed by atoms with E-state index in [2.05, 4.69) is 43.4 Å². The molecule has 2 rings (SSSR count). The molecule has 1 amide bonds. The van der Waals surface area contributed by atoms with Gasteiger partial charge in [0.1, 0.15) is 5.75 Å². The molecule has 0 aliphatic carbocycles. The molecule has 0 spiro atoms. The topological polar surface area (TPSA) is 38.3 Å². The zero-order chi connectivity index (χ0) is 18.1. The van der Waals surface area contributed by atoms with Crippen LogP contribution in [0.3, 0.4) is 0 Å². The van der Waals surface area contributed by atoms with E-state index in [1.807, 2.05) is 30.3 Å². The normalized spacial score (nSPS) is 12.0. The summed E-state index contributed by atoms with van der Waals surface area (Å²) in [5.41, 5.74) is 2.47. The van der Waals surface area contributed by atoms with Crippen LogP contribution in [0, 0.1) is 0 Å². The second-order valence-corrected chi connectivity index (χ2v) is 6.69. The van der Waals surface area contributed by atoms with Gasteiger partial charge in [-0.15, -0.1) is 0 Å². The number of ether oxygens (including phenoxy) is 1. The minimum absolute atomic E-state index is 0.0572. The number of hydrogen-bond donors (Lipinski definition) is 1. The molecule has 25 heavy (non-hydrogen) atoms. The molecule has 3 nitrogen and oxygen atoms in total. The van der Waals surface area contributed by atoms with Crippen LogP contribution in [0.15, 0.2) is 54.6 Å². The lowest BCUT2D eigenvalue weighted by atomic mass is 10.0. The summed E-state index contributed by atoms with van der Waals surface area (Å²) in [7, 11) is 0. The van der Waals surface area contributed by atoms with Crippen LogP contribution >= 0.6 is 0 Å². The smallest absolute Gasteiger partial charge is 0.260 e. The Morgan fingerprint density at radius 3 is 2.36 bits per heavy atom. The largest absolute Gasteiger partial charge is 0.481 e. The monoisotopic (exact) mass is 339 g/mol. The van der Waals surface area contributed by atoms with Gasteiger partial charge in [0.25, 0.3) is 5.91 Å². The summed E-state index contributed by atoms with van der Waals surface area (Å²) in [4.78, 5) is 12.2. The first-order chi connectivity index (χ1) is 12.1. The molecule has 0 saturated heterocycles. The lowest BCUT2D eigenvalue weighted by Gasteiger charge is -2.18. The molecular weight excluding hydrogens is 310 g/mol. The van der Waals surface area contributed by atoms with Crippen LogP contribution in [-0.4, -0.2) is 18.6 Å². The first-order valence-electron chi connectivity index (χ1n) is 9.15. The van der Waals surface area contributed by atoms with Crippen molar-refractivity contribution in [3.8, 4) is 5.75 Å². The Morgan fingerprint density at radius 1 is 0.960 bits per heavy atom. The highest BCUT2D eigenvalue weighted by molar-refractivity contribution is 5.80. The number of nitrogens with one attached hydrogen (secondary N) is 1. The second-order valence-electron chi connectivity index (χ2n) is 6.69. The van der Waals surface area contributed by atoms with E-state index in [1.54, 1.807) is 6.92 Å². The van der Waals surface area contributed by atoms with Gasteiger partial charge in [0.2, 0.25) is 0 Å². The summed E-state index contributed by atoms with van der Waals surface area (Å²) in [6.45, 7) is 6.74. The third kappa shape index (κ3) is 6.26. The number of unbranched alkanes of at least 4 members (excludes halogenated alkanes) is 1. The van der Waals surface area contributed by atoms with E-state index >= 15 is 0 Å². The molecule has 0 radical (unpaired) electrons. The van der Waals surface area contributed by atoms with E-state index in [-0.39, 0.29) is 5.91 Å². The molecular formula is C22H29NO2.